The molecule has 0 saturated carbocycles. The van der Waals surface area contributed by atoms with Gasteiger partial charge in [-0.2, -0.15) is 0 Å². The third-order valence-electron chi connectivity index (χ3n) is 2.46. The van der Waals surface area contributed by atoms with E-state index in [0.717, 1.165) is 16.3 Å². The number of carbonyl (C=O) groups is 1. The molecule has 0 fully saturated rings. The number of nitrogens with one attached hydrogen (secondary N) is 2. The van der Waals surface area contributed by atoms with Gasteiger partial charge in [-0.3, -0.25) is 4.79 Å². The zero-order chi connectivity index (χ0) is 13.4. The molecule has 1 rings (SSSR count). The molecule has 0 heterocycles. The maximum Gasteiger partial charge on any atom is 0.228 e. The maximum atomic E-state index is 11.9. The summed E-state index contributed by atoms with van der Waals surface area (Å²) in [5, 5.41) is 5.97. The Morgan fingerprint density at radius 2 is 2.22 bits per heavy atom. The molecule has 1 unspecified atom stereocenters. The molecule has 3 nitrogen and oxygen atoms in total. The van der Waals surface area contributed by atoms with Crippen molar-refractivity contribution in [1.82, 2.24) is 5.32 Å². The average Bonchev–Trinajstić information content (AvgIpc) is 2.38. The summed E-state index contributed by atoms with van der Waals surface area (Å²) >= 11 is 1.67. The number of hydrogen-bond donors (Lipinski definition) is 2. The highest BCUT2D eigenvalue weighted by molar-refractivity contribution is 7.99. The molecule has 1 aromatic rings. The van der Waals surface area contributed by atoms with Gasteiger partial charge >= 0.3 is 0 Å². The summed E-state index contributed by atoms with van der Waals surface area (Å²) in [4.78, 5) is 13.0. The van der Waals surface area contributed by atoms with E-state index in [1.54, 1.807) is 11.8 Å². The van der Waals surface area contributed by atoms with Crippen LogP contribution in [0.5, 0.6) is 0 Å². The molecule has 0 aliphatic carbocycles. The summed E-state index contributed by atoms with van der Waals surface area (Å²) in [7, 11) is 1.84. The van der Waals surface area contributed by atoms with Crippen LogP contribution in [-0.2, 0) is 4.79 Å². The van der Waals surface area contributed by atoms with E-state index in [1.807, 2.05) is 44.3 Å². The number of anilines is 1. The highest BCUT2D eigenvalue weighted by Gasteiger charge is 2.13. The summed E-state index contributed by atoms with van der Waals surface area (Å²) in [5.41, 5.74) is 0.873. The molecule has 0 spiro atoms. The lowest BCUT2D eigenvalue weighted by atomic mass is 10.1. The zero-order valence-corrected chi connectivity index (χ0v) is 11.7. The summed E-state index contributed by atoms with van der Waals surface area (Å²) in [6, 6.07) is 7.83. The van der Waals surface area contributed by atoms with Crippen LogP contribution in [0.1, 0.15) is 6.92 Å². The van der Waals surface area contributed by atoms with Crippen LogP contribution in [0.2, 0.25) is 0 Å². The van der Waals surface area contributed by atoms with Gasteiger partial charge in [-0.25, -0.2) is 0 Å². The molecule has 1 atom stereocenters. The number of hydrogen-bond acceptors (Lipinski definition) is 3. The zero-order valence-electron chi connectivity index (χ0n) is 10.9. The van der Waals surface area contributed by atoms with Crippen molar-refractivity contribution < 1.29 is 4.79 Å². The Morgan fingerprint density at radius 1 is 1.50 bits per heavy atom. The van der Waals surface area contributed by atoms with Crippen molar-refractivity contribution in [1.29, 1.82) is 0 Å². The van der Waals surface area contributed by atoms with E-state index >= 15 is 0 Å². The van der Waals surface area contributed by atoms with Gasteiger partial charge in [0.25, 0.3) is 0 Å². The van der Waals surface area contributed by atoms with Gasteiger partial charge in [0, 0.05) is 23.1 Å². The monoisotopic (exact) mass is 264 g/mol. The molecule has 0 aliphatic heterocycles. The van der Waals surface area contributed by atoms with Crippen molar-refractivity contribution in [2.45, 2.75) is 11.8 Å². The molecule has 18 heavy (non-hydrogen) atoms. The third-order valence-corrected chi connectivity index (χ3v) is 3.53. The number of benzene rings is 1. The van der Waals surface area contributed by atoms with Crippen molar-refractivity contribution in [2.75, 3.05) is 24.7 Å². The van der Waals surface area contributed by atoms with Gasteiger partial charge in [0.2, 0.25) is 5.91 Å². The smallest absolute Gasteiger partial charge is 0.228 e. The van der Waals surface area contributed by atoms with Gasteiger partial charge < -0.3 is 10.6 Å². The first kappa shape index (κ1) is 14.8. The summed E-state index contributed by atoms with van der Waals surface area (Å²) in [6.45, 7) is 6.28. The van der Waals surface area contributed by atoms with Gasteiger partial charge in [0.1, 0.15) is 0 Å². The standard InChI is InChI=1S/C14H20N2OS/c1-4-9-18-13-8-6-5-7-12(13)16-14(17)11(2)10-15-3/h4-8,11,15H,1,9-10H2,2-3H3,(H,16,17). The molecule has 0 aromatic heterocycles. The van der Waals surface area contributed by atoms with Crippen LogP contribution in [-0.4, -0.2) is 25.3 Å². The normalized spacial score (nSPS) is 11.9. The number of para-hydroxylation sites is 1. The Labute approximate surface area is 113 Å². The van der Waals surface area contributed by atoms with E-state index in [0.29, 0.717) is 6.54 Å². The number of carbonyl (C=O) groups excluding carboxylic acids is 1. The summed E-state index contributed by atoms with van der Waals surface area (Å²) in [5.74, 6) is 0.822. The summed E-state index contributed by atoms with van der Waals surface area (Å²) in [6.07, 6.45) is 1.85. The molecule has 0 bridgehead atoms. The molecule has 1 aromatic carbocycles. The predicted molar refractivity (Wildman–Crippen MR) is 79.1 cm³/mol. The Kier molecular flexibility index (Phi) is 6.54. The lowest BCUT2D eigenvalue weighted by molar-refractivity contribution is -0.119. The second-order valence-corrected chi connectivity index (χ2v) is 5.11. The van der Waals surface area contributed by atoms with Crippen molar-refractivity contribution in [3.63, 3.8) is 0 Å². The minimum absolute atomic E-state index is 0.0380. The van der Waals surface area contributed by atoms with E-state index in [1.165, 1.54) is 0 Å². The number of amides is 1. The van der Waals surface area contributed by atoms with Gasteiger partial charge in [-0.05, 0) is 19.2 Å². The molecule has 98 valence electrons. The van der Waals surface area contributed by atoms with Crippen LogP contribution in [0.15, 0.2) is 41.8 Å². The lowest BCUT2D eigenvalue weighted by Crippen LogP contribution is -2.28. The lowest BCUT2D eigenvalue weighted by Gasteiger charge is -2.14. The largest absolute Gasteiger partial charge is 0.325 e. The molecule has 0 saturated heterocycles. The number of rotatable bonds is 7. The van der Waals surface area contributed by atoms with E-state index < -0.39 is 0 Å². The van der Waals surface area contributed by atoms with Crippen LogP contribution in [0, 0.1) is 5.92 Å². The van der Waals surface area contributed by atoms with Crippen molar-refractivity contribution in [2.24, 2.45) is 5.92 Å². The molecule has 4 heteroatoms. The highest BCUT2D eigenvalue weighted by Crippen LogP contribution is 2.27. The van der Waals surface area contributed by atoms with E-state index in [-0.39, 0.29) is 11.8 Å². The first-order valence-electron chi connectivity index (χ1n) is 5.97. The van der Waals surface area contributed by atoms with Crippen LogP contribution in [0.3, 0.4) is 0 Å². The first-order chi connectivity index (χ1) is 8.69. The van der Waals surface area contributed by atoms with Gasteiger partial charge in [-0.15, -0.1) is 18.3 Å². The molecule has 2 N–H and O–H groups in total. The van der Waals surface area contributed by atoms with Gasteiger partial charge in [-0.1, -0.05) is 25.1 Å². The van der Waals surface area contributed by atoms with E-state index in [9.17, 15) is 4.79 Å². The van der Waals surface area contributed by atoms with E-state index in [4.69, 9.17) is 0 Å². The Morgan fingerprint density at radius 3 is 2.89 bits per heavy atom. The predicted octanol–water partition coefficient (Wildman–Crippen LogP) is 2.76. The molecule has 0 aliphatic rings. The summed E-state index contributed by atoms with van der Waals surface area (Å²) < 4.78 is 0. The average molecular weight is 264 g/mol. The van der Waals surface area contributed by atoms with E-state index in [2.05, 4.69) is 17.2 Å². The fraction of sp³-hybridized carbons (Fsp3) is 0.357. The molecule has 0 radical (unpaired) electrons. The van der Waals surface area contributed by atoms with Crippen LogP contribution in [0.4, 0.5) is 5.69 Å². The second-order valence-electron chi connectivity index (χ2n) is 4.04. The fourth-order valence-electron chi connectivity index (χ4n) is 1.50. The quantitative estimate of drug-likeness (QED) is 0.588. The topological polar surface area (TPSA) is 41.1 Å². The second kappa shape index (κ2) is 7.95. The van der Waals surface area contributed by atoms with Crippen molar-refractivity contribution in [3.8, 4) is 0 Å². The SMILES string of the molecule is C=CCSc1ccccc1NC(=O)C(C)CNC. The van der Waals surface area contributed by atoms with Crippen LogP contribution < -0.4 is 10.6 Å². The molecule has 1 amide bonds. The highest BCUT2D eigenvalue weighted by atomic mass is 32.2. The minimum atomic E-state index is -0.0486. The van der Waals surface area contributed by atoms with Crippen LogP contribution >= 0.6 is 11.8 Å². The van der Waals surface area contributed by atoms with Gasteiger partial charge in [0.05, 0.1) is 5.69 Å². The van der Waals surface area contributed by atoms with Crippen LogP contribution in [0.25, 0.3) is 0 Å². The van der Waals surface area contributed by atoms with Crippen molar-refractivity contribution >= 4 is 23.4 Å². The van der Waals surface area contributed by atoms with Crippen molar-refractivity contribution in [3.05, 3.63) is 36.9 Å². The Balaban J connectivity index is 2.70. The molecular weight excluding hydrogens is 244 g/mol. The minimum Gasteiger partial charge on any atom is -0.325 e. The number of thioether (sulfide) groups is 1. The van der Waals surface area contributed by atoms with Gasteiger partial charge in [0.15, 0.2) is 0 Å². The Bertz CT molecular complexity index is 407. The fourth-order valence-corrected chi connectivity index (χ4v) is 2.25. The molecular formula is C14H20N2OS. The third kappa shape index (κ3) is 4.55. The maximum absolute atomic E-state index is 11.9. The first-order valence-corrected chi connectivity index (χ1v) is 6.95. The Hall–Kier alpha value is -1.26.